The van der Waals surface area contributed by atoms with Crippen LogP contribution in [0.4, 0.5) is 5.69 Å². The number of rotatable bonds is 3. The first-order chi connectivity index (χ1) is 9.04. The molecule has 0 aliphatic carbocycles. The number of benzene rings is 1. The summed E-state index contributed by atoms with van der Waals surface area (Å²) in [5.41, 5.74) is 7.76. The van der Waals surface area contributed by atoms with Gasteiger partial charge in [-0.2, -0.15) is 0 Å². The van der Waals surface area contributed by atoms with E-state index in [1.807, 2.05) is 32.0 Å². The van der Waals surface area contributed by atoms with E-state index in [-0.39, 0.29) is 18.0 Å². The van der Waals surface area contributed by atoms with Gasteiger partial charge in [0.05, 0.1) is 10.7 Å². The minimum atomic E-state index is -0.146. The maximum atomic E-state index is 11.9. The molecule has 0 aromatic heterocycles. The van der Waals surface area contributed by atoms with Crippen molar-refractivity contribution in [3.05, 3.63) is 28.8 Å². The standard InChI is InChI=1S/C14H20ClN3O/c1-3-12-14(19)17-6-7-18(12)13-5-4-10(9(2)16)8-11(13)15/h4-5,8-9,12H,3,6-7,16H2,1-2H3,(H,17,19). The number of amides is 1. The molecule has 2 atom stereocenters. The van der Waals surface area contributed by atoms with Gasteiger partial charge < -0.3 is 16.0 Å². The summed E-state index contributed by atoms with van der Waals surface area (Å²) in [5, 5.41) is 3.54. The van der Waals surface area contributed by atoms with Gasteiger partial charge in [-0.05, 0) is 31.0 Å². The van der Waals surface area contributed by atoms with Crippen molar-refractivity contribution in [1.29, 1.82) is 0 Å². The number of hydrogen-bond donors (Lipinski definition) is 2. The number of carbonyl (C=O) groups is 1. The van der Waals surface area contributed by atoms with E-state index in [1.54, 1.807) is 0 Å². The Morgan fingerprint density at radius 3 is 2.89 bits per heavy atom. The van der Waals surface area contributed by atoms with Gasteiger partial charge in [-0.3, -0.25) is 4.79 Å². The lowest BCUT2D eigenvalue weighted by atomic mass is 10.1. The molecule has 1 amide bonds. The van der Waals surface area contributed by atoms with E-state index >= 15 is 0 Å². The van der Waals surface area contributed by atoms with Crippen LogP contribution in [0.15, 0.2) is 18.2 Å². The van der Waals surface area contributed by atoms with Crippen LogP contribution in [-0.2, 0) is 4.79 Å². The van der Waals surface area contributed by atoms with Crippen molar-refractivity contribution in [3.8, 4) is 0 Å². The molecule has 0 saturated carbocycles. The third-order valence-electron chi connectivity index (χ3n) is 3.52. The topological polar surface area (TPSA) is 58.4 Å². The normalized spacial score (nSPS) is 21.2. The van der Waals surface area contributed by atoms with E-state index in [9.17, 15) is 4.79 Å². The summed E-state index contributed by atoms with van der Waals surface area (Å²) in [4.78, 5) is 14.0. The first-order valence-corrected chi connectivity index (χ1v) is 7.01. The maximum absolute atomic E-state index is 11.9. The minimum Gasteiger partial charge on any atom is -0.357 e. The van der Waals surface area contributed by atoms with Crippen LogP contribution in [0.1, 0.15) is 31.9 Å². The van der Waals surface area contributed by atoms with Crippen LogP contribution in [0.3, 0.4) is 0 Å². The number of carbonyl (C=O) groups excluding carboxylic acids is 1. The van der Waals surface area contributed by atoms with Crippen molar-refractivity contribution in [2.45, 2.75) is 32.4 Å². The highest BCUT2D eigenvalue weighted by atomic mass is 35.5. The molecule has 5 heteroatoms. The van der Waals surface area contributed by atoms with Crippen LogP contribution >= 0.6 is 11.6 Å². The number of piperazine rings is 1. The Morgan fingerprint density at radius 1 is 1.58 bits per heavy atom. The van der Waals surface area contributed by atoms with Crippen molar-refractivity contribution in [3.63, 3.8) is 0 Å². The van der Waals surface area contributed by atoms with Gasteiger partial charge in [0.15, 0.2) is 0 Å². The second kappa shape index (κ2) is 5.80. The zero-order chi connectivity index (χ0) is 14.0. The predicted octanol–water partition coefficient (Wildman–Crippen LogP) is 2.07. The molecule has 1 fully saturated rings. The predicted molar refractivity (Wildman–Crippen MR) is 78.5 cm³/mol. The summed E-state index contributed by atoms with van der Waals surface area (Å²) in [6.45, 7) is 5.36. The van der Waals surface area contributed by atoms with Crippen molar-refractivity contribution in [2.24, 2.45) is 5.73 Å². The zero-order valence-electron chi connectivity index (χ0n) is 11.3. The van der Waals surface area contributed by atoms with Crippen LogP contribution in [0.2, 0.25) is 5.02 Å². The number of anilines is 1. The second-order valence-corrected chi connectivity index (χ2v) is 5.32. The number of hydrogen-bond acceptors (Lipinski definition) is 3. The Labute approximate surface area is 118 Å². The Balaban J connectivity index is 2.32. The number of nitrogens with one attached hydrogen (secondary N) is 1. The van der Waals surface area contributed by atoms with Crippen LogP contribution in [-0.4, -0.2) is 25.0 Å². The Bertz CT molecular complexity index is 476. The molecular formula is C14H20ClN3O. The fourth-order valence-corrected chi connectivity index (χ4v) is 2.75. The van der Waals surface area contributed by atoms with Crippen molar-refractivity contribution in [2.75, 3.05) is 18.0 Å². The SMILES string of the molecule is CCC1C(=O)NCCN1c1ccc(C(C)N)cc1Cl. The van der Waals surface area contributed by atoms with Gasteiger partial charge in [-0.15, -0.1) is 0 Å². The number of halogens is 1. The van der Waals surface area contributed by atoms with Gasteiger partial charge in [-0.25, -0.2) is 0 Å². The summed E-state index contributed by atoms with van der Waals surface area (Å²) >= 11 is 6.35. The summed E-state index contributed by atoms with van der Waals surface area (Å²) in [7, 11) is 0. The van der Waals surface area contributed by atoms with Crippen LogP contribution < -0.4 is 16.0 Å². The molecule has 1 heterocycles. The van der Waals surface area contributed by atoms with Gasteiger partial charge in [0.25, 0.3) is 0 Å². The van der Waals surface area contributed by atoms with E-state index < -0.39 is 0 Å². The van der Waals surface area contributed by atoms with Gasteiger partial charge in [-0.1, -0.05) is 24.6 Å². The quantitative estimate of drug-likeness (QED) is 0.892. The molecule has 1 aromatic rings. The summed E-state index contributed by atoms with van der Waals surface area (Å²) in [6, 6.07) is 5.64. The molecule has 2 unspecified atom stereocenters. The second-order valence-electron chi connectivity index (χ2n) is 4.91. The molecule has 1 saturated heterocycles. The van der Waals surface area contributed by atoms with Gasteiger partial charge in [0.2, 0.25) is 5.91 Å². The van der Waals surface area contributed by atoms with E-state index in [0.717, 1.165) is 24.2 Å². The Kier molecular flexibility index (Phi) is 4.32. The summed E-state index contributed by atoms with van der Waals surface area (Å²) in [5.74, 6) is 0.0705. The van der Waals surface area contributed by atoms with Gasteiger partial charge in [0.1, 0.15) is 6.04 Å². The lowest BCUT2D eigenvalue weighted by molar-refractivity contribution is -0.123. The van der Waals surface area contributed by atoms with Gasteiger partial charge >= 0.3 is 0 Å². The zero-order valence-corrected chi connectivity index (χ0v) is 12.1. The molecule has 0 radical (unpaired) electrons. The van der Waals surface area contributed by atoms with E-state index in [2.05, 4.69) is 10.2 Å². The molecule has 3 N–H and O–H groups in total. The largest absolute Gasteiger partial charge is 0.357 e. The number of nitrogens with two attached hydrogens (primary N) is 1. The van der Waals surface area contributed by atoms with E-state index in [1.165, 1.54) is 0 Å². The maximum Gasteiger partial charge on any atom is 0.242 e. The smallest absolute Gasteiger partial charge is 0.242 e. The Morgan fingerprint density at radius 2 is 2.32 bits per heavy atom. The van der Waals surface area contributed by atoms with Crippen molar-refractivity contribution < 1.29 is 4.79 Å². The van der Waals surface area contributed by atoms with Crippen LogP contribution in [0, 0.1) is 0 Å². The molecule has 19 heavy (non-hydrogen) atoms. The molecule has 1 aliphatic rings. The highest BCUT2D eigenvalue weighted by Crippen LogP contribution is 2.31. The highest BCUT2D eigenvalue weighted by molar-refractivity contribution is 6.33. The van der Waals surface area contributed by atoms with E-state index in [4.69, 9.17) is 17.3 Å². The monoisotopic (exact) mass is 281 g/mol. The lowest BCUT2D eigenvalue weighted by Gasteiger charge is -2.37. The fourth-order valence-electron chi connectivity index (χ4n) is 2.45. The molecule has 1 aliphatic heterocycles. The molecule has 0 spiro atoms. The number of nitrogens with zero attached hydrogens (tertiary/aromatic N) is 1. The first-order valence-electron chi connectivity index (χ1n) is 6.64. The summed E-state index contributed by atoms with van der Waals surface area (Å²) < 4.78 is 0. The molecule has 104 valence electrons. The van der Waals surface area contributed by atoms with Gasteiger partial charge in [0, 0.05) is 19.1 Å². The molecule has 4 nitrogen and oxygen atoms in total. The lowest BCUT2D eigenvalue weighted by Crippen LogP contribution is -2.55. The molecule has 2 rings (SSSR count). The average molecular weight is 282 g/mol. The summed E-state index contributed by atoms with van der Waals surface area (Å²) in [6.07, 6.45) is 0.761. The molecule has 0 bridgehead atoms. The fraction of sp³-hybridized carbons (Fsp3) is 0.500. The first kappa shape index (κ1) is 14.2. The van der Waals surface area contributed by atoms with Crippen LogP contribution in [0.25, 0.3) is 0 Å². The third-order valence-corrected chi connectivity index (χ3v) is 3.83. The van der Waals surface area contributed by atoms with Crippen molar-refractivity contribution >= 4 is 23.2 Å². The van der Waals surface area contributed by atoms with Crippen LogP contribution in [0.5, 0.6) is 0 Å². The minimum absolute atomic E-state index is 0.0434. The third kappa shape index (κ3) is 2.85. The molecular weight excluding hydrogens is 262 g/mol. The average Bonchev–Trinajstić information content (AvgIpc) is 2.38. The van der Waals surface area contributed by atoms with E-state index in [0.29, 0.717) is 11.6 Å². The molecule has 1 aromatic carbocycles. The highest BCUT2D eigenvalue weighted by Gasteiger charge is 2.29. The Hall–Kier alpha value is -1.26. The van der Waals surface area contributed by atoms with Crippen molar-refractivity contribution in [1.82, 2.24) is 5.32 Å².